The molecule has 2 amide bonds. The van der Waals surface area contributed by atoms with Crippen LogP contribution in [0.1, 0.15) is 27.2 Å². The predicted octanol–water partition coefficient (Wildman–Crippen LogP) is -0.260. The molecule has 1 aliphatic heterocycles. The van der Waals surface area contributed by atoms with Crippen molar-refractivity contribution in [3.63, 3.8) is 0 Å². The highest BCUT2D eigenvalue weighted by atomic mass is 16.3. The van der Waals surface area contributed by atoms with Crippen molar-refractivity contribution in [2.75, 3.05) is 13.2 Å². The van der Waals surface area contributed by atoms with Crippen LogP contribution in [0.3, 0.4) is 0 Å². The van der Waals surface area contributed by atoms with E-state index in [0.717, 1.165) is 0 Å². The Morgan fingerprint density at radius 3 is 2.62 bits per heavy atom. The van der Waals surface area contributed by atoms with Crippen molar-refractivity contribution in [2.45, 2.75) is 39.3 Å². The van der Waals surface area contributed by atoms with E-state index >= 15 is 0 Å². The van der Waals surface area contributed by atoms with Crippen LogP contribution < -0.4 is 5.32 Å². The summed E-state index contributed by atoms with van der Waals surface area (Å²) in [6.07, 6.45) is 0.280. The van der Waals surface area contributed by atoms with E-state index in [0.29, 0.717) is 6.54 Å². The monoisotopic (exact) mass is 228 g/mol. The zero-order valence-electron chi connectivity index (χ0n) is 10.1. The molecule has 0 saturated carbocycles. The molecular weight excluding hydrogens is 208 g/mol. The summed E-state index contributed by atoms with van der Waals surface area (Å²) >= 11 is 0. The molecule has 1 fully saturated rings. The molecular formula is C11H20N2O3. The minimum Gasteiger partial charge on any atom is -0.394 e. The van der Waals surface area contributed by atoms with Crippen LogP contribution in [0.25, 0.3) is 0 Å². The van der Waals surface area contributed by atoms with Crippen LogP contribution in [0.15, 0.2) is 0 Å². The zero-order chi connectivity index (χ0) is 12.3. The predicted molar refractivity (Wildman–Crippen MR) is 59.6 cm³/mol. The Morgan fingerprint density at radius 2 is 2.19 bits per heavy atom. The molecule has 1 unspecified atom stereocenters. The molecule has 1 rings (SSSR count). The molecule has 1 aliphatic rings. The van der Waals surface area contributed by atoms with Gasteiger partial charge in [-0.15, -0.1) is 0 Å². The third-order valence-corrected chi connectivity index (χ3v) is 2.82. The molecule has 2 N–H and O–H groups in total. The summed E-state index contributed by atoms with van der Waals surface area (Å²) in [5, 5.41) is 11.5. The molecule has 1 heterocycles. The number of amides is 2. The van der Waals surface area contributed by atoms with Crippen LogP contribution >= 0.6 is 0 Å². The summed E-state index contributed by atoms with van der Waals surface area (Å²) in [4.78, 5) is 25.0. The van der Waals surface area contributed by atoms with Crippen molar-refractivity contribution >= 4 is 11.8 Å². The van der Waals surface area contributed by atoms with Gasteiger partial charge in [-0.2, -0.15) is 0 Å². The quantitative estimate of drug-likeness (QED) is 0.696. The summed E-state index contributed by atoms with van der Waals surface area (Å²) in [6, 6.07) is -0.115. The highest BCUT2D eigenvalue weighted by Gasteiger charge is 2.35. The molecule has 1 saturated heterocycles. The summed E-state index contributed by atoms with van der Waals surface area (Å²) < 4.78 is 0. The van der Waals surface area contributed by atoms with E-state index < -0.39 is 0 Å². The number of carbonyl (C=O) groups excluding carboxylic acids is 2. The second-order valence-corrected chi connectivity index (χ2v) is 4.63. The van der Waals surface area contributed by atoms with Gasteiger partial charge >= 0.3 is 0 Å². The van der Waals surface area contributed by atoms with Crippen molar-refractivity contribution in [2.24, 2.45) is 5.92 Å². The van der Waals surface area contributed by atoms with Gasteiger partial charge in [0.05, 0.1) is 12.5 Å². The van der Waals surface area contributed by atoms with Gasteiger partial charge in [0.25, 0.3) is 0 Å². The number of aliphatic hydroxyl groups excluding tert-OH is 1. The SMILES string of the molecule is CC(C)N1CC(C(=O)N[C@H](C)CO)CC1=O. The van der Waals surface area contributed by atoms with Crippen LogP contribution in [0.2, 0.25) is 0 Å². The van der Waals surface area contributed by atoms with Gasteiger partial charge < -0.3 is 15.3 Å². The van der Waals surface area contributed by atoms with Gasteiger partial charge in [-0.05, 0) is 20.8 Å². The molecule has 0 aromatic rings. The maximum absolute atomic E-state index is 11.7. The van der Waals surface area contributed by atoms with Crippen LogP contribution in [0.4, 0.5) is 0 Å². The van der Waals surface area contributed by atoms with Crippen molar-refractivity contribution in [3.8, 4) is 0 Å². The zero-order valence-corrected chi connectivity index (χ0v) is 10.1. The highest BCUT2D eigenvalue weighted by molar-refractivity contribution is 5.89. The van der Waals surface area contributed by atoms with Gasteiger partial charge in [-0.1, -0.05) is 0 Å². The topological polar surface area (TPSA) is 69.6 Å². The first kappa shape index (κ1) is 13.0. The second kappa shape index (κ2) is 5.30. The Kier molecular flexibility index (Phi) is 4.29. The Balaban J connectivity index is 2.52. The first-order chi connectivity index (χ1) is 7.45. The Bertz CT molecular complexity index is 278. The average molecular weight is 228 g/mol. The summed E-state index contributed by atoms with van der Waals surface area (Å²) in [5.74, 6) is -0.381. The summed E-state index contributed by atoms with van der Waals surface area (Å²) in [6.45, 7) is 6.01. The van der Waals surface area contributed by atoms with Crippen LogP contribution in [0.5, 0.6) is 0 Å². The van der Waals surface area contributed by atoms with Gasteiger partial charge in [0, 0.05) is 25.0 Å². The number of rotatable bonds is 4. The van der Waals surface area contributed by atoms with Gasteiger partial charge in [0.2, 0.25) is 11.8 Å². The molecule has 0 spiro atoms. The number of nitrogens with zero attached hydrogens (tertiary/aromatic N) is 1. The Hall–Kier alpha value is -1.10. The van der Waals surface area contributed by atoms with E-state index in [1.807, 2.05) is 13.8 Å². The van der Waals surface area contributed by atoms with E-state index in [1.165, 1.54) is 0 Å². The molecule has 0 aliphatic carbocycles. The molecule has 5 heteroatoms. The molecule has 5 nitrogen and oxygen atoms in total. The molecule has 2 atom stereocenters. The van der Waals surface area contributed by atoms with E-state index in [9.17, 15) is 9.59 Å². The maximum Gasteiger partial charge on any atom is 0.225 e. The lowest BCUT2D eigenvalue weighted by atomic mass is 10.1. The third kappa shape index (κ3) is 2.95. The minimum absolute atomic E-state index is 0.0341. The van der Waals surface area contributed by atoms with Crippen LogP contribution in [0, 0.1) is 5.92 Å². The third-order valence-electron chi connectivity index (χ3n) is 2.82. The van der Waals surface area contributed by atoms with E-state index in [4.69, 9.17) is 5.11 Å². The minimum atomic E-state index is -0.274. The molecule has 0 radical (unpaired) electrons. The smallest absolute Gasteiger partial charge is 0.225 e. The number of carbonyl (C=O) groups is 2. The fourth-order valence-corrected chi connectivity index (χ4v) is 1.81. The molecule has 0 aromatic heterocycles. The molecule has 16 heavy (non-hydrogen) atoms. The number of hydrogen-bond donors (Lipinski definition) is 2. The van der Waals surface area contributed by atoms with Gasteiger partial charge in [-0.3, -0.25) is 9.59 Å². The first-order valence-corrected chi connectivity index (χ1v) is 5.66. The molecule has 92 valence electrons. The van der Waals surface area contributed by atoms with Gasteiger partial charge in [0.1, 0.15) is 0 Å². The Labute approximate surface area is 95.8 Å². The summed E-state index contributed by atoms with van der Waals surface area (Å²) in [7, 11) is 0. The number of likely N-dealkylation sites (tertiary alicyclic amines) is 1. The van der Waals surface area contributed by atoms with Crippen LogP contribution in [-0.2, 0) is 9.59 Å². The van der Waals surface area contributed by atoms with Gasteiger partial charge in [0.15, 0.2) is 0 Å². The Morgan fingerprint density at radius 1 is 1.56 bits per heavy atom. The largest absolute Gasteiger partial charge is 0.394 e. The number of aliphatic hydroxyl groups is 1. The van der Waals surface area contributed by atoms with E-state index in [2.05, 4.69) is 5.32 Å². The highest BCUT2D eigenvalue weighted by Crippen LogP contribution is 2.20. The number of hydrogen-bond acceptors (Lipinski definition) is 3. The van der Waals surface area contributed by atoms with Crippen LogP contribution in [-0.4, -0.2) is 47.1 Å². The maximum atomic E-state index is 11.7. The molecule has 0 aromatic carbocycles. The van der Waals surface area contributed by atoms with E-state index in [1.54, 1.807) is 11.8 Å². The lowest BCUT2D eigenvalue weighted by Gasteiger charge is -2.21. The molecule has 0 bridgehead atoms. The van der Waals surface area contributed by atoms with Gasteiger partial charge in [-0.25, -0.2) is 0 Å². The first-order valence-electron chi connectivity index (χ1n) is 5.66. The van der Waals surface area contributed by atoms with Crippen molar-refractivity contribution in [1.29, 1.82) is 0 Å². The lowest BCUT2D eigenvalue weighted by molar-refractivity contribution is -0.130. The fourth-order valence-electron chi connectivity index (χ4n) is 1.81. The van der Waals surface area contributed by atoms with Crippen molar-refractivity contribution in [3.05, 3.63) is 0 Å². The van der Waals surface area contributed by atoms with Crippen molar-refractivity contribution < 1.29 is 14.7 Å². The number of nitrogens with one attached hydrogen (secondary N) is 1. The second-order valence-electron chi connectivity index (χ2n) is 4.63. The lowest BCUT2D eigenvalue weighted by Crippen LogP contribution is -2.40. The summed E-state index contributed by atoms with van der Waals surface area (Å²) in [5.41, 5.74) is 0. The standard InChI is InChI=1S/C11H20N2O3/c1-7(2)13-5-9(4-10(13)15)11(16)12-8(3)6-14/h7-9,14H,4-6H2,1-3H3,(H,12,16)/t8-,9?/m1/s1. The fraction of sp³-hybridized carbons (Fsp3) is 0.818. The van der Waals surface area contributed by atoms with E-state index in [-0.39, 0.29) is 42.8 Å². The normalized spacial score (nSPS) is 22.7. The van der Waals surface area contributed by atoms with Crippen molar-refractivity contribution in [1.82, 2.24) is 10.2 Å². The average Bonchev–Trinajstić information content (AvgIpc) is 2.60.